The SMILES string of the molecule is CNC(=O)c1ccc(NC(=O)NCCOc2ccc(Cl)cc2)cc1. The highest BCUT2D eigenvalue weighted by molar-refractivity contribution is 6.30. The summed E-state index contributed by atoms with van der Waals surface area (Å²) in [5.74, 6) is 0.511. The maximum Gasteiger partial charge on any atom is 0.319 e. The Morgan fingerprint density at radius 1 is 1.04 bits per heavy atom. The molecule has 0 aliphatic heterocycles. The van der Waals surface area contributed by atoms with Crippen molar-refractivity contribution >= 4 is 29.2 Å². The summed E-state index contributed by atoms with van der Waals surface area (Å²) in [4.78, 5) is 23.2. The smallest absolute Gasteiger partial charge is 0.319 e. The van der Waals surface area contributed by atoms with Gasteiger partial charge in [-0.05, 0) is 48.5 Å². The molecule has 0 radical (unpaired) electrons. The van der Waals surface area contributed by atoms with Crippen LogP contribution in [-0.2, 0) is 0 Å². The summed E-state index contributed by atoms with van der Waals surface area (Å²) in [5.41, 5.74) is 1.12. The van der Waals surface area contributed by atoms with Gasteiger partial charge in [0.25, 0.3) is 5.91 Å². The fraction of sp³-hybridized carbons (Fsp3) is 0.176. The van der Waals surface area contributed by atoms with E-state index in [1.165, 1.54) is 0 Å². The van der Waals surface area contributed by atoms with Crippen LogP contribution in [0.15, 0.2) is 48.5 Å². The van der Waals surface area contributed by atoms with Crippen molar-refractivity contribution in [2.45, 2.75) is 0 Å². The Hall–Kier alpha value is -2.73. The van der Waals surface area contributed by atoms with Crippen LogP contribution in [0.5, 0.6) is 5.75 Å². The van der Waals surface area contributed by atoms with Crippen molar-refractivity contribution in [3.63, 3.8) is 0 Å². The second kappa shape index (κ2) is 8.79. The molecule has 2 aromatic rings. The van der Waals surface area contributed by atoms with Crippen LogP contribution in [-0.4, -0.2) is 32.1 Å². The van der Waals surface area contributed by atoms with Gasteiger partial charge in [-0.2, -0.15) is 0 Å². The molecule has 0 atom stereocenters. The van der Waals surface area contributed by atoms with Crippen LogP contribution < -0.4 is 20.7 Å². The normalized spacial score (nSPS) is 9.92. The molecule has 0 aromatic heterocycles. The molecule has 7 heteroatoms. The highest BCUT2D eigenvalue weighted by atomic mass is 35.5. The number of nitrogens with one attached hydrogen (secondary N) is 3. The molecule has 126 valence electrons. The van der Waals surface area contributed by atoms with Gasteiger partial charge in [0, 0.05) is 23.3 Å². The van der Waals surface area contributed by atoms with Gasteiger partial charge in [-0.1, -0.05) is 11.6 Å². The van der Waals surface area contributed by atoms with Crippen molar-refractivity contribution in [2.75, 3.05) is 25.5 Å². The molecule has 3 amide bonds. The lowest BCUT2D eigenvalue weighted by Gasteiger charge is -2.09. The van der Waals surface area contributed by atoms with E-state index in [0.29, 0.717) is 35.2 Å². The zero-order valence-electron chi connectivity index (χ0n) is 13.1. The topological polar surface area (TPSA) is 79.5 Å². The van der Waals surface area contributed by atoms with Crippen molar-refractivity contribution < 1.29 is 14.3 Å². The average molecular weight is 348 g/mol. The summed E-state index contributed by atoms with van der Waals surface area (Å²) in [7, 11) is 1.56. The molecule has 0 saturated heterocycles. The molecule has 0 aliphatic carbocycles. The molecule has 2 aromatic carbocycles. The van der Waals surface area contributed by atoms with Gasteiger partial charge in [-0.15, -0.1) is 0 Å². The minimum absolute atomic E-state index is 0.176. The standard InChI is InChI=1S/C17H18ClN3O3/c1-19-16(22)12-2-6-14(7-3-12)21-17(23)20-10-11-24-15-8-4-13(18)5-9-15/h2-9H,10-11H2,1H3,(H,19,22)(H2,20,21,23). The van der Waals surface area contributed by atoms with E-state index in [-0.39, 0.29) is 11.9 Å². The first-order chi connectivity index (χ1) is 11.6. The maximum absolute atomic E-state index is 11.8. The van der Waals surface area contributed by atoms with Gasteiger partial charge in [0.2, 0.25) is 0 Å². The number of ether oxygens (including phenoxy) is 1. The summed E-state index contributed by atoms with van der Waals surface area (Å²) in [6.45, 7) is 0.690. The molecule has 0 spiro atoms. The third kappa shape index (κ3) is 5.48. The van der Waals surface area contributed by atoms with E-state index in [1.54, 1.807) is 55.6 Å². The molecule has 0 heterocycles. The van der Waals surface area contributed by atoms with Crippen molar-refractivity contribution in [1.82, 2.24) is 10.6 Å². The van der Waals surface area contributed by atoms with E-state index in [9.17, 15) is 9.59 Å². The quantitative estimate of drug-likeness (QED) is 0.703. The number of urea groups is 1. The summed E-state index contributed by atoms with van der Waals surface area (Å²) in [5, 5.41) is 8.53. The summed E-state index contributed by atoms with van der Waals surface area (Å²) >= 11 is 5.78. The molecule has 6 nitrogen and oxygen atoms in total. The van der Waals surface area contributed by atoms with Crippen molar-refractivity contribution in [3.8, 4) is 5.75 Å². The number of benzene rings is 2. The van der Waals surface area contributed by atoms with E-state index in [4.69, 9.17) is 16.3 Å². The van der Waals surface area contributed by atoms with E-state index in [0.717, 1.165) is 0 Å². The summed E-state index contributed by atoms with van der Waals surface area (Å²) < 4.78 is 5.47. The first kappa shape index (κ1) is 17.6. The van der Waals surface area contributed by atoms with Crippen molar-refractivity contribution in [3.05, 3.63) is 59.1 Å². The molecule has 24 heavy (non-hydrogen) atoms. The molecule has 0 aliphatic rings. The van der Waals surface area contributed by atoms with E-state index < -0.39 is 0 Å². The van der Waals surface area contributed by atoms with Crippen LogP contribution in [0.1, 0.15) is 10.4 Å². The lowest BCUT2D eigenvalue weighted by atomic mass is 10.2. The van der Waals surface area contributed by atoms with E-state index in [1.807, 2.05) is 0 Å². The zero-order chi connectivity index (χ0) is 17.4. The number of carbonyl (C=O) groups is 2. The Balaban J connectivity index is 1.71. The third-order valence-electron chi connectivity index (χ3n) is 3.10. The summed E-state index contributed by atoms with van der Waals surface area (Å²) in [6.07, 6.45) is 0. The van der Waals surface area contributed by atoms with Crippen LogP contribution in [0.25, 0.3) is 0 Å². The van der Waals surface area contributed by atoms with Gasteiger partial charge < -0.3 is 20.7 Å². The predicted molar refractivity (Wildman–Crippen MR) is 93.8 cm³/mol. The van der Waals surface area contributed by atoms with Gasteiger partial charge in [-0.3, -0.25) is 4.79 Å². The first-order valence-electron chi connectivity index (χ1n) is 7.34. The Morgan fingerprint density at radius 2 is 1.71 bits per heavy atom. The van der Waals surface area contributed by atoms with Crippen molar-refractivity contribution in [2.24, 2.45) is 0 Å². The largest absolute Gasteiger partial charge is 0.492 e. The number of carbonyl (C=O) groups excluding carboxylic acids is 2. The fourth-order valence-corrected chi connectivity index (χ4v) is 2.01. The molecule has 0 unspecified atom stereocenters. The van der Waals surface area contributed by atoms with Crippen LogP contribution in [0.2, 0.25) is 5.02 Å². The molecular formula is C17H18ClN3O3. The van der Waals surface area contributed by atoms with Gasteiger partial charge in [0.15, 0.2) is 0 Å². The molecule has 0 fully saturated rings. The predicted octanol–water partition coefficient (Wildman–Crippen LogP) is 2.90. The molecule has 3 N–H and O–H groups in total. The highest BCUT2D eigenvalue weighted by Gasteiger charge is 2.04. The average Bonchev–Trinajstić information content (AvgIpc) is 2.60. The Kier molecular flexibility index (Phi) is 6.45. The third-order valence-corrected chi connectivity index (χ3v) is 3.35. The highest BCUT2D eigenvalue weighted by Crippen LogP contribution is 2.15. The van der Waals surface area contributed by atoms with E-state index >= 15 is 0 Å². The molecule has 2 rings (SSSR count). The van der Waals surface area contributed by atoms with E-state index in [2.05, 4.69) is 16.0 Å². The number of hydrogen-bond donors (Lipinski definition) is 3. The second-order valence-corrected chi connectivity index (χ2v) is 5.28. The van der Waals surface area contributed by atoms with Gasteiger partial charge in [-0.25, -0.2) is 4.79 Å². The Morgan fingerprint density at radius 3 is 2.33 bits per heavy atom. The monoisotopic (exact) mass is 347 g/mol. The summed E-state index contributed by atoms with van der Waals surface area (Å²) in [6, 6.07) is 13.2. The van der Waals surface area contributed by atoms with Crippen LogP contribution >= 0.6 is 11.6 Å². The maximum atomic E-state index is 11.8. The number of hydrogen-bond acceptors (Lipinski definition) is 3. The Labute approximate surface area is 145 Å². The Bertz CT molecular complexity index is 687. The van der Waals surface area contributed by atoms with Crippen LogP contribution in [0.3, 0.4) is 0 Å². The lowest BCUT2D eigenvalue weighted by molar-refractivity contribution is 0.0963. The lowest BCUT2D eigenvalue weighted by Crippen LogP contribution is -2.32. The first-order valence-corrected chi connectivity index (χ1v) is 7.71. The number of anilines is 1. The molecular weight excluding hydrogens is 330 g/mol. The number of amides is 3. The minimum Gasteiger partial charge on any atom is -0.492 e. The molecule has 0 saturated carbocycles. The second-order valence-electron chi connectivity index (χ2n) is 4.84. The number of halogens is 1. The fourth-order valence-electron chi connectivity index (χ4n) is 1.89. The van der Waals surface area contributed by atoms with Crippen LogP contribution in [0.4, 0.5) is 10.5 Å². The number of rotatable bonds is 6. The molecule has 0 bridgehead atoms. The van der Waals surface area contributed by atoms with Crippen molar-refractivity contribution in [1.29, 1.82) is 0 Å². The van der Waals surface area contributed by atoms with Gasteiger partial charge in [0.05, 0.1) is 6.54 Å². The van der Waals surface area contributed by atoms with Gasteiger partial charge >= 0.3 is 6.03 Å². The van der Waals surface area contributed by atoms with Crippen LogP contribution in [0, 0.1) is 0 Å². The van der Waals surface area contributed by atoms with Gasteiger partial charge in [0.1, 0.15) is 12.4 Å². The minimum atomic E-state index is -0.345. The zero-order valence-corrected chi connectivity index (χ0v) is 13.9.